The van der Waals surface area contributed by atoms with Crippen LogP contribution in [0.25, 0.3) is 0 Å². The zero-order chi connectivity index (χ0) is 20.4. The highest BCUT2D eigenvalue weighted by Crippen LogP contribution is 2.25. The summed E-state index contributed by atoms with van der Waals surface area (Å²) in [5.41, 5.74) is -0.305. The van der Waals surface area contributed by atoms with Crippen LogP contribution in [0.2, 0.25) is 5.02 Å². The van der Waals surface area contributed by atoms with E-state index in [1.807, 2.05) is 0 Å². The Bertz CT molecular complexity index is 780. The number of rotatable bonds is 5. The predicted molar refractivity (Wildman–Crippen MR) is 109 cm³/mol. The first kappa shape index (κ1) is 22.1. The van der Waals surface area contributed by atoms with E-state index in [0.717, 1.165) is 19.6 Å². The molecule has 1 saturated heterocycles. The summed E-state index contributed by atoms with van der Waals surface area (Å²) in [5.74, 6) is 0.426. The van der Waals surface area contributed by atoms with Crippen LogP contribution in [0.15, 0.2) is 23.1 Å². The van der Waals surface area contributed by atoms with Gasteiger partial charge in [0.15, 0.2) is 0 Å². The molecule has 0 spiro atoms. The van der Waals surface area contributed by atoms with Gasteiger partial charge in [0, 0.05) is 43.8 Å². The third kappa shape index (κ3) is 6.17. The van der Waals surface area contributed by atoms with Crippen molar-refractivity contribution in [2.24, 2.45) is 5.92 Å². The van der Waals surface area contributed by atoms with E-state index in [4.69, 9.17) is 11.6 Å². The summed E-state index contributed by atoms with van der Waals surface area (Å²) in [7, 11) is -3.82. The molecule has 152 valence electrons. The van der Waals surface area contributed by atoms with Crippen molar-refractivity contribution in [3.05, 3.63) is 28.8 Å². The third-order valence-electron chi connectivity index (χ3n) is 4.19. The molecular weight excluding hydrogens is 386 g/mol. The molecule has 1 aromatic carbocycles. The predicted octanol–water partition coefficient (Wildman–Crippen LogP) is 2.83. The van der Waals surface area contributed by atoms with Crippen LogP contribution in [0.3, 0.4) is 0 Å². The van der Waals surface area contributed by atoms with E-state index in [0.29, 0.717) is 24.6 Å². The van der Waals surface area contributed by atoms with Crippen molar-refractivity contribution >= 4 is 27.5 Å². The summed E-state index contributed by atoms with van der Waals surface area (Å²) < 4.78 is 27.9. The van der Waals surface area contributed by atoms with Crippen LogP contribution in [-0.4, -0.2) is 62.4 Å². The van der Waals surface area contributed by atoms with Gasteiger partial charge >= 0.3 is 0 Å². The Morgan fingerprint density at radius 1 is 1.19 bits per heavy atom. The Balaban J connectivity index is 2.17. The van der Waals surface area contributed by atoms with Crippen LogP contribution >= 0.6 is 11.6 Å². The Labute approximate surface area is 167 Å². The molecule has 0 aliphatic carbocycles. The van der Waals surface area contributed by atoms with Gasteiger partial charge in [-0.15, -0.1) is 0 Å². The lowest BCUT2D eigenvalue weighted by Gasteiger charge is -2.35. The highest BCUT2D eigenvalue weighted by Gasteiger charge is 2.27. The second-order valence-corrected chi connectivity index (χ2v) is 10.5. The first-order valence-electron chi connectivity index (χ1n) is 9.24. The number of benzene rings is 1. The number of sulfonamides is 1. The summed E-state index contributed by atoms with van der Waals surface area (Å²) in [6.45, 7) is 13.6. The lowest BCUT2D eigenvalue weighted by Crippen LogP contribution is -2.49. The molecule has 0 unspecified atom stereocenters. The van der Waals surface area contributed by atoms with Crippen molar-refractivity contribution in [1.29, 1.82) is 0 Å². The Hall–Kier alpha value is -1.15. The SMILES string of the molecule is CC(C)CN1CCN(C(=O)c2ccc(Cl)c(S(=O)(=O)NC(C)(C)C)c2)CC1. The Morgan fingerprint density at radius 3 is 2.30 bits per heavy atom. The molecule has 0 aromatic heterocycles. The van der Waals surface area contributed by atoms with Gasteiger partial charge in [0.25, 0.3) is 5.91 Å². The van der Waals surface area contributed by atoms with Crippen LogP contribution in [-0.2, 0) is 10.0 Å². The van der Waals surface area contributed by atoms with E-state index < -0.39 is 15.6 Å². The van der Waals surface area contributed by atoms with Crippen LogP contribution in [0, 0.1) is 5.92 Å². The maximum atomic E-state index is 12.9. The van der Waals surface area contributed by atoms with Crippen molar-refractivity contribution in [2.75, 3.05) is 32.7 Å². The van der Waals surface area contributed by atoms with E-state index in [1.165, 1.54) is 12.1 Å². The Kier molecular flexibility index (Phi) is 6.95. The molecule has 0 bridgehead atoms. The highest BCUT2D eigenvalue weighted by molar-refractivity contribution is 7.89. The van der Waals surface area contributed by atoms with Crippen molar-refractivity contribution < 1.29 is 13.2 Å². The fourth-order valence-electron chi connectivity index (χ4n) is 3.13. The number of nitrogens with zero attached hydrogens (tertiary/aromatic N) is 2. The largest absolute Gasteiger partial charge is 0.336 e. The molecule has 27 heavy (non-hydrogen) atoms. The summed E-state index contributed by atoms with van der Waals surface area (Å²) in [6.07, 6.45) is 0. The zero-order valence-electron chi connectivity index (χ0n) is 16.8. The van der Waals surface area contributed by atoms with Crippen molar-refractivity contribution in [2.45, 2.75) is 45.1 Å². The molecule has 1 heterocycles. The summed E-state index contributed by atoms with van der Waals surface area (Å²) in [4.78, 5) is 16.9. The van der Waals surface area contributed by atoms with Crippen LogP contribution < -0.4 is 4.72 Å². The minimum Gasteiger partial charge on any atom is -0.336 e. The van der Waals surface area contributed by atoms with E-state index in [2.05, 4.69) is 23.5 Å². The fraction of sp³-hybridized carbons (Fsp3) is 0.632. The van der Waals surface area contributed by atoms with Crippen LogP contribution in [0.4, 0.5) is 0 Å². The molecule has 2 rings (SSSR count). The smallest absolute Gasteiger partial charge is 0.253 e. The average Bonchev–Trinajstić information content (AvgIpc) is 2.52. The Morgan fingerprint density at radius 2 is 1.78 bits per heavy atom. The van der Waals surface area contributed by atoms with Gasteiger partial charge in [-0.2, -0.15) is 0 Å². The molecule has 8 heteroatoms. The van der Waals surface area contributed by atoms with E-state index >= 15 is 0 Å². The first-order chi connectivity index (χ1) is 12.4. The number of carbonyl (C=O) groups is 1. The summed E-state index contributed by atoms with van der Waals surface area (Å²) in [6, 6.07) is 4.43. The minimum absolute atomic E-state index is 0.0663. The fourth-order valence-corrected chi connectivity index (χ4v) is 5.08. The molecule has 6 nitrogen and oxygen atoms in total. The lowest BCUT2D eigenvalue weighted by atomic mass is 10.1. The maximum Gasteiger partial charge on any atom is 0.253 e. The van der Waals surface area contributed by atoms with Gasteiger partial charge in [0.05, 0.1) is 5.02 Å². The van der Waals surface area contributed by atoms with Crippen LogP contribution in [0.5, 0.6) is 0 Å². The van der Waals surface area contributed by atoms with Crippen molar-refractivity contribution in [3.63, 3.8) is 0 Å². The molecule has 0 atom stereocenters. The monoisotopic (exact) mass is 415 g/mol. The normalized spacial score (nSPS) is 16.8. The molecule has 1 amide bonds. The number of carbonyl (C=O) groups excluding carboxylic acids is 1. The number of piperazine rings is 1. The van der Waals surface area contributed by atoms with Crippen molar-refractivity contribution in [3.8, 4) is 0 Å². The molecule has 1 fully saturated rings. The molecule has 1 aliphatic rings. The minimum atomic E-state index is -3.82. The standard InChI is InChI=1S/C19H30ClN3O3S/c1-14(2)13-22-8-10-23(11-9-22)18(24)15-6-7-16(20)17(12-15)27(25,26)21-19(3,4)5/h6-7,12,14,21H,8-11,13H2,1-5H3. The van der Waals surface area contributed by atoms with Gasteiger partial charge in [0.2, 0.25) is 10.0 Å². The highest BCUT2D eigenvalue weighted by atomic mass is 35.5. The van der Waals surface area contributed by atoms with Gasteiger partial charge in [-0.3, -0.25) is 9.69 Å². The summed E-state index contributed by atoms with van der Waals surface area (Å²) in [5, 5.41) is 0.102. The van der Waals surface area contributed by atoms with Gasteiger partial charge < -0.3 is 4.90 Å². The average molecular weight is 416 g/mol. The van der Waals surface area contributed by atoms with E-state index in [-0.39, 0.29) is 15.8 Å². The molecule has 0 saturated carbocycles. The second kappa shape index (κ2) is 8.47. The second-order valence-electron chi connectivity index (χ2n) is 8.49. The van der Waals surface area contributed by atoms with Crippen LogP contribution in [0.1, 0.15) is 45.0 Å². The molecule has 0 radical (unpaired) electrons. The van der Waals surface area contributed by atoms with E-state index in [1.54, 1.807) is 31.7 Å². The van der Waals surface area contributed by atoms with Crippen molar-refractivity contribution in [1.82, 2.24) is 14.5 Å². The quantitative estimate of drug-likeness (QED) is 0.802. The zero-order valence-corrected chi connectivity index (χ0v) is 18.3. The summed E-state index contributed by atoms with van der Waals surface area (Å²) >= 11 is 6.12. The van der Waals surface area contributed by atoms with Gasteiger partial charge in [-0.1, -0.05) is 25.4 Å². The topological polar surface area (TPSA) is 69.7 Å². The number of halogens is 1. The van der Waals surface area contributed by atoms with Gasteiger partial charge in [-0.05, 0) is 44.9 Å². The number of hydrogen-bond acceptors (Lipinski definition) is 4. The maximum absolute atomic E-state index is 12.9. The molecule has 1 aromatic rings. The van der Waals surface area contributed by atoms with Gasteiger partial charge in [0.1, 0.15) is 4.90 Å². The molecule has 1 N–H and O–H groups in total. The van der Waals surface area contributed by atoms with E-state index in [9.17, 15) is 13.2 Å². The third-order valence-corrected chi connectivity index (χ3v) is 6.43. The number of amides is 1. The molecular formula is C19H30ClN3O3S. The number of hydrogen-bond donors (Lipinski definition) is 1. The lowest BCUT2D eigenvalue weighted by molar-refractivity contribution is 0.0623. The van der Waals surface area contributed by atoms with Gasteiger partial charge in [-0.25, -0.2) is 13.1 Å². The number of nitrogens with one attached hydrogen (secondary N) is 1. The molecule has 1 aliphatic heterocycles. The first-order valence-corrected chi connectivity index (χ1v) is 11.1.